The van der Waals surface area contributed by atoms with Gasteiger partial charge < -0.3 is 19.9 Å². The molecule has 0 aliphatic heterocycles. The van der Waals surface area contributed by atoms with Crippen LogP contribution in [0.2, 0.25) is 0 Å². The quantitative estimate of drug-likeness (QED) is 0.677. The van der Waals surface area contributed by atoms with Crippen molar-refractivity contribution in [2.24, 2.45) is 5.92 Å². The third-order valence-corrected chi connectivity index (χ3v) is 3.60. The molecule has 2 N–H and O–H groups in total. The van der Waals surface area contributed by atoms with E-state index in [1.165, 1.54) is 14.2 Å². The van der Waals surface area contributed by atoms with Gasteiger partial charge in [0.15, 0.2) is 0 Å². The van der Waals surface area contributed by atoms with Crippen LogP contribution in [0.1, 0.15) is 32.1 Å². The van der Waals surface area contributed by atoms with Gasteiger partial charge in [-0.2, -0.15) is 0 Å². The van der Waals surface area contributed by atoms with Gasteiger partial charge in [-0.25, -0.2) is 0 Å². The maximum absolute atomic E-state index is 11.4. The minimum Gasteiger partial charge on any atom is -0.469 e. The Balaban J connectivity index is 2.31. The van der Waals surface area contributed by atoms with Crippen molar-refractivity contribution in [2.45, 2.75) is 37.7 Å². The van der Waals surface area contributed by atoms with Gasteiger partial charge in [0.25, 0.3) is 0 Å². The molecule has 1 amide bonds. The highest BCUT2D eigenvalue weighted by molar-refractivity contribution is 5.76. The van der Waals surface area contributed by atoms with Crippen molar-refractivity contribution >= 4 is 11.9 Å². The lowest BCUT2D eigenvalue weighted by Gasteiger charge is -2.35. The summed E-state index contributed by atoms with van der Waals surface area (Å²) in [5.41, 5.74) is -0.909. The Morgan fingerprint density at radius 1 is 1.32 bits per heavy atom. The average molecular weight is 273 g/mol. The largest absolute Gasteiger partial charge is 0.469 e. The fourth-order valence-corrected chi connectivity index (χ4v) is 2.28. The SMILES string of the molecule is COCCC(=O)NCC1(O)CCC(C(=O)OC)CC1. The van der Waals surface area contributed by atoms with E-state index in [1.807, 2.05) is 0 Å². The molecule has 110 valence electrons. The molecular weight excluding hydrogens is 250 g/mol. The second-order valence-corrected chi connectivity index (χ2v) is 5.04. The number of nitrogens with one attached hydrogen (secondary N) is 1. The number of carbonyl (C=O) groups excluding carboxylic acids is 2. The lowest BCUT2D eigenvalue weighted by molar-refractivity contribution is -0.148. The molecule has 0 aromatic heterocycles. The van der Waals surface area contributed by atoms with Gasteiger partial charge in [0.1, 0.15) is 0 Å². The maximum Gasteiger partial charge on any atom is 0.308 e. The van der Waals surface area contributed by atoms with Crippen LogP contribution >= 0.6 is 0 Å². The molecule has 0 radical (unpaired) electrons. The molecule has 0 spiro atoms. The minimum atomic E-state index is -0.909. The van der Waals surface area contributed by atoms with Gasteiger partial charge >= 0.3 is 5.97 Å². The van der Waals surface area contributed by atoms with Gasteiger partial charge in [-0.15, -0.1) is 0 Å². The first-order chi connectivity index (χ1) is 9.00. The first-order valence-corrected chi connectivity index (χ1v) is 6.56. The molecule has 1 aliphatic rings. The lowest BCUT2D eigenvalue weighted by Crippen LogP contribution is -2.46. The first kappa shape index (κ1) is 15.9. The Morgan fingerprint density at radius 2 is 1.95 bits per heavy atom. The van der Waals surface area contributed by atoms with E-state index in [-0.39, 0.29) is 30.8 Å². The molecule has 0 saturated heterocycles. The van der Waals surface area contributed by atoms with Crippen molar-refractivity contribution in [1.29, 1.82) is 0 Å². The van der Waals surface area contributed by atoms with Crippen LogP contribution in [0.3, 0.4) is 0 Å². The van der Waals surface area contributed by atoms with E-state index < -0.39 is 5.60 Å². The summed E-state index contributed by atoms with van der Waals surface area (Å²) < 4.78 is 9.50. The highest BCUT2D eigenvalue weighted by Gasteiger charge is 2.36. The van der Waals surface area contributed by atoms with Crippen LogP contribution in [0, 0.1) is 5.92 Å². The molecule has 1 fully saturated rings. The molecule has 1 aliphatic carbocycles. The number of ether oxygens (including phenoxy) is 2. The summed E-state index contributed by atoms with van der Waals surface area (Å²) in [5.74, 6) is -0.481. The zero-order valence-corrected chi connectivity index (χ0v) is 11.6. The number of hydrogen-bond donors (Lipinski definition) is 2. The highest BCUT2D eigenvalue weighted by Crippen LogP contribution is 2.32. The summed E-state index contributed by atoms with van der Waals surface area (Å²) in [4.78, 5) is 22.8. The third-order valence-electron chi connectivity index (χ3n) is 3.60. The minimum absolute atomic E-state index is 0.130. The molecule has 0 aromatic rings. The molecule has 1 rings (SSSR count). The molecular formula is C13H23NO5. The molecule has 6 heteroatoms. The standard InChI is InChI=1S/C13H23NO5/c1-18-8-5-11(15)14-9-13(17)6-3-10(4-7-13)12(16)19-2/h10,17H,3-9H2,1-2H3,(H,14,15). The van der Waals surface area contributed by atoms with Crippen LogP contribution < -0.4 is 5.32 Å². The van der Waals surface area contributed by atoms with Crippen LogP contribution in [0.25, 0.3) is 0 Å². The van der Waals surface area contributed by atoms with E-state index in [0.717, 1.165) is 0 Å². The molecule has 0 heterocycles. The maximum atomic E-state index is 11.4. The fraction of sp³-hybridized carbons (Fsp3) is 0.846. The number of methoxy groups -OCH3 is 2. The Morgan fingerprint density at radius 3 is 2.47 bits per heavy atom. The van der Waals surface area contributed by atoms with E-state index in [2.05, 4.69) is 5.32 Å². The molecule has 0 aromatic carbocycles. The van der Waals surface area contributed by atoms with Crippen molar-refractivity contribution in [3.05, 3.63) is 0 Å². The Hall–Kier alpha value is -1.14. The number of aliphatic hydroxyl groups is 1. The molecule has 6 nitrogen and oxygen atoms in total. The van der Waals surface area contributed by atoms with Crippen LogP contribution in [0.15, 0.2) is 0 Å². The summed E-state index contributed by atoms with van der Waals surface area (Å²) >= 11 is 0. The monoisotopic (exact) mass is 273 g/mol. The summed E-state index contributed by atoms with van der Waals surface area (Å²) in [7, 11) is 2.91. The van der Waals surface area contributed by atoms with Crippen LogP contribution in [0.4, 0.5) is 0 Å². The number of esters is 1. The Labute approximate surface area is 113 Å². The predicted molar refractivity (Wildman–Crippen MR) is 68.4 cm³/mol. The average Bonchev–Trinajstić information content (AvgIpc) is 2.43. The van der Waals surface area contributed by atoms with Crippen LogP contribution in [-0.2, 0) is 19.1 Å². The molecule has 0 atom stereocenters. The van der Waals surface area contributed by atoms with Gasteiger partial charge in [0.2, 0.25) is 5.91 Å². The zero-order valence-electron chi connectivity index (χ0n) is 11.6. The molecule has 0 bridgehead atoms. The second kappa shape index (κ2) is 7.45. The predicted octanol–water partition coefficient (Wildman–Crippen LogP) is 0.233. The van der Waals surface area contributed by atoms with Crippen molar-refractivity contribution in [3.8, 4) is 0 Å². The number of carbonyl (C=O) groups is 2. The van der Waals surface area contributed by atoms with Gasteiger partial charge in [-0.05, 0) is 25.7 Å². The summed E-state index contributed by atoms with van der Waals surface area (Å²) in [6.45, 7) is 0.595. The van der Waals surface area contributed by atoms with Crippen molar-refractivity contribution in [3.63, 3.8) is 0 Å². The van der Waals surface area contributed by atoms with Gasteiger partial charge in [-0.1, -0.05) is 0 Å². The number of amides is 1. The highest BCUT2D eigenvalue weighted by atomic mass is 16.5. The van der Waals surface area contributed by atoms with E-state index in [1.54, 1.807) is 0 Å². The van der Waals surface area contributed by atoms with Crippen LogP contribution in [0.5, 0.6) is 0 Å². The summed E-state index contributed by atoms with van der Waals surface area (Å²) in [6, 6.07) is 0. The summed E-state index contributed by atoms with van der Waals surface area (Å²) in [6.07, 6.45) is 2.47. The zero-order chi connectivity index (χ0) is 14.3. The van der Waals surface area contributed by atoms with Gasteiger partial charge in [0, 0.05) is 20.1 Å². The van der Waals surface area contributed by atoms with Crippen molar-refractivity contribution < 1.29 is 24.2 Å². The van der Waals surface area contributed by atoms with Gasteiger partial charge in [0.05, 0.1) is 25.2 Å². The normalized spacial score (nSPS) is 26.8. The number of hydrogen-bond acceptors (Lipinski definition) is 5. The molecule has 0 unspecified atom stereocenters. The van der Waals surface area contributed by atoms with Crippen molar-refractivity contribution in [1.82, 2.24) is 5.32 Å². The molecule has 19 heavy (non-hydrogen) atoms. The fourth-order valence-electron chi connectivity index (χ4n) is 2.28. The van der Waals surface area contributed by atoms with E-state index in [4.69, 9.17) is 9.47 Å². The topological polar surface area (TPSA) is 84.9 Å². The molecule has 1 saturated carbocycles. The van der Waals surface area contributed by atoms with E-state index >= 15 is 0 Å². The first-order valence-electron chi connectivity index (χ1n) is 6.56. The van der Waals surface area contributed by atoms with Gasteiger partial charge in [-0.3, -0.25) is 9.59 Å². The summed E-state index contributed by atoms with van der Waals surface area (Å²) in [5, 5.41) is 13.0. The lowest BCUT2D eigenvalue weighted by atomic mass is 9.79. The third kappa shape index (κ3) is 5.16. The smallest absolute Gasteiger partial charge is 0.308 e. The Kier molecular flexibility index (Phi) is 6.24. The Bertz CT molecular complexity index is 310. The van der Waals surface area contributed by atoms with E-state index in [0.29, 0.717) is 32.3 Å². The van der Waals surface area contributed by atoms with Crippen molar-refractivity contribution in [2.75, 3.05) is 27.4 Å². The second-order valence-electron chi connectivity index (χ2n) is 5.04. The van der Waals surface area contributed by atoms with Crippen LogP contribution in [-0.4, -0.2) is 50.0 Å². The van der Waals surface area contributed by atoms with E-state index in [9.17, 15) is 14.7 Å². The number of rotatable bonds is 6.